The van der Waals surface area contributed by atoms with Crippen LogP contribution in [0.3, 0.4) is 0 Å². The SMILES string of the molecule is CCCC(O)(CCC)CN=C(NCC)NCCOCC1CCCO1.I. The standard InChI is InChI=1S/C18H37N3O3.HI/c1-4-9-18(22,10-5-2)15-21-17(19-6-3)20-11-13-23-14-16-8-7-12-24-16;/h16,22H,4-15H2,1-3H3,(H2,19,20,21);1H. The Balaban J connectivity index is 0.00000576. The lowest BCUT2D eigenvalue weighted by Crippen LogP contribution is -2.41. The van der Waals surface area contributed by atoms with E-state index in [0.717, 1.165) is 57.6 Å². The summed E-state index contributed by atoms with van der Waals surface area (Å²) in [6.07, 6.45) is 6.01. The van der Waals surface area contributed by atoms with Crippen LogP contribution in [0.4, 0.5) is 0 Å². The third kappa shape index (κ3) is 11.2. The predicted octanol–water partition coefficient (Wildman–Crippen LogP) is 2.69. The highest BCUT2D eigenvalue weighted by Crippen LogP contribution is 2.19. The molecule has 0 spiro atoms. The van der Waals surface area contributed by atoms with Crippen molar-refractivity contribution in [1.82, 2.24) is 10.6 Å². The monoisotopic (exact) mass is 471 g/mol. The van der Waals surface area contributed by atoms with Crippen molar-refractivity contribution in [2.45, 2.75) is 71.0 Å². The molecule has 0 aromatic heterocycles. The smallest absolute Gasteiger partial charge is 0.191 e. The lowest BCUT2D eigenvalue weighted by Gasteiger charge is -2.26. The summed E-state index contributed by atoms with van der Waals surface area (Å²) in [6, 6.07) is 0. The Labute approximate surface area is 170 Å². The highest BCUT2D eigenvalue weighted by molar-refractivity contribution is 14.0. The molecular weight excluding hydrogens is 433 g/mol. The van der Waals surface area contributed by atoms with Gasteiger partial charge >= 0.3 is 0 Å². The number of ether oxygens (including phenoxy) is 2. The van der Waals surface area contributed by atoms with E-state index in [4.69, 9.17) is 9.47 Å². The van der Waals surface area contributed by atoms with Crippen molar-refractivity contribution >= 4 is 29.9 Å². The largest absolute Gasteiger partial charge is 0.388 e. The van der Waals surface area contributed by atoms with Gasteiger partial charge in [-0.3, -0.25) is 4.99 Å². The van der Waals surface area contributed by atoms with E-state index < -0.39 is 5.60 Å². The van der Waals surface area contributed by atoms with Gasteiger partial charge in [0.15, 0.2) is 5.96 Å². The predicted molar refractivity (Wildman–Crippen MR) is 114 cm³/mol. The Kier molecular flexibility index (Phi) is 14.9. The van der Waals surface area contributed by atoms with Gasteiger partial charge in [-0.2, -0.15) is 0 Å². The molecule has 1 unspecified atom stereocenters. The zero-order valence-electron chi connectivity index (χ0n) is 16.2. The summed E-state index contributed by atoms with van der Waals surface area (Å²) in [4.78, 5) is 4.56. The van der Waals surface area contributed by atoms with E-state index >= 15 is 0 Å². The second-order valence-corrected chi connectivity index (χ2v) is 6.56. The van der Waals surface area contributed by atoms with Crippen molar-refractivity contribution in [3.63, 3.8) is 0 Å². The van der Waals surface area contributed by atoms with Crippen LogP contribution in [0.15, 0.2) is 4.99 Å². The van der Waals surface area contributed by atoms with Crippen molar-refractivity contribution in [2.75, 3.05) is 39.5 Å². The molecule has 6 nitrogen and oxygen atoms in total. The highest BCUT2D eigenvalue weighted by atomic mass is 127. The number of nitrogens with one attached hydrogen (secondary N) is 2. The van der Waals surface area contributed by atoms with Crippen molar-refractivity contribution in [2.24, 2.45) is 4.99 Å². The number of aliphatic imine (C=N–C) groups is 1. The maximum atomic E-state index is 10.7. The molecule has 0 aromatic rings. The summed E-state index contributed by atoms with van der Waals surface area (Å²) in [6.45, 7) is 10.3. The van der Waals surface area contributed by atoms with Crippen LogP contribution in [0.25, 0.3) is 0 Å². The van der Waals surface area contributed by atoms with Gasteiger partial charge in [-0.15, -0.1) is 24.0 Å². The van der Waals surface area contributed by atoms with Crippen LogP contribution in [0.1, 0.15) is 59.3 Å². The van der Waals surface area contributed by atoms with Crippen molar-refractivity contribution in [1.29, 1.82) is 0 Å². The molecule has 1 heterocycles. The summed E-state index contributed by atoms with van der Waals surface area (Å²) < 4.78 is 11.2. The minimum Gasteiger partial charge on any atom is -0.388 e. The fourth-order valence-electron chi connectivity index (χ4n) is 3.01. The van der Waals surface area contributed by atoms with E-state index in [9.17, 15) is 5.11 Å². The summed E-state index contributed by atoms with van der Waals surface area (Å²) in [5, 5.41) is 17.1. The lowest BCUT2D eigenvalue weighted by atomic mass is 9.93. The molecule has 150 valence electrons. The van der Waals surface area contributed by atoms with Crippen LogP contribution in [0.5, 0.6) is 0 Å². The van der Waals surface area contributed by atoms with E-state index in [0.29, 0.717) is 26.3 Å². The normalized spacial score (nSPS) is 18.1. The zero-order valence-corrected chi connectivity index (χ0v) is 18.5. The number of hydrogen-bond acceptors (Lipinski definition) is 4. The summed E-state index contributed by atoms with van der Waals surface area (Å²) in [5.41, 5.74) is -0.692. The maximum absolute atomic E-state index is 10.7. The minimum absolute atomic E-state index is 0. The van der Waals surface area contributed by atoms with E-state index in [1.54, 1.807) is 0 Å². The first-order valence-electron chi connectivity index (χ1n) is 9.57. The van der Waals surface area contributed by atoms with Gasteiger partial charge in [0.2, 0.25) is 0 Å². The Morgan fingerprint density at radius 2 is 1.96 bits per heavy atom. The van der Waals surface area contributed by atoms with E-state index in [1.807, 2.05) is 6.92 Å². The number of nitrogens with zero attached hydrogens (tertiary/aromatic N) is 1. The summed E-state index contributed by atoms with van der Waals surface area (Å²) >= 11 is 0. The molecule has 0 amide bonds. The topological polar surface area (TPSA) is 75.1 Å². The molecule has 1 rings (SSSR count). The molecule has 0 aliphatic carbocycles. The molecule has 7 heteroatoms. The van der Waals surface area contributed by atoms with Gasteiger partial charge in [0, 0.05) is 19.7 Å². The highest BCUT2D eigenvalue weighted by Gasteiger charge is 2.24. The van der Waals surface area contributed by atoms with E-state index in [2.05, 4.69) is 29.5 Å². The fraction of sp³-hybridized carbons (Fsp3) is 0.944. The van der Waals surface area contributed by atoms with E-state index in [1.165, 1.54) is 0 Å². The van der Waals surface area contributed by atoms with E-state index in [-0.39, 0.29) is 30.1 Å². The van der Waals surface area contributed by atoms with Crippen molar-refractivity contribution in [3.8, 4) is 0 Å². The average Bonchev–Trinajstić information content (AvgIpc) is 3.06. The summed E-state index contributed by atoms with van der Waals surface area (Å²) in [5.74, 6) is 0.740. The Bertz CT molecular complexity index is 344. The Morgan fingerprint density at radius 3 is 2.52 bits per heavy atom. The Hall–Kier alpha value is -0.120. The van der Waals surface area contributed by atoms with Gasteiger partial charge < -0.3 is 25.2 Å². The van der Waals surface area contributed by atoms with Crippen molar-refractivity contribution in [3.05, 3.63) is 0 Å². The molecule has 1 atom stereocenters. The molecule has 1 saturated heterocycles. The second-order valence-electron chi connectivity index (χ2n) is 6.56. The molecule has 1 aliphatic rings. The average molecular weight is 471 g/mol. The molecular formula is C18H38IN3O3. The molecule has 1 aliphatic heterocycles. The molecule has 1 fully saturated rings. The third-order valence-electron chi connectivity index (χ3n) is 4.17. The first kappa shape index (κ1) is 24.9. The zero-order chi connectivity index (χ0) is 17.7. The molecule has 3 N–H and O–H groups in total. The quantitative estimate of drug-likeness (QED) is 0.177. The molecule has 0 radical (unpaired) electrons. The molecule has 0 aromatic carbocycles. The molecule has 0 saturated carbocycles. The summed E-state index contributed by atoms with van der Waals surface area (Å²) in [7, 11) is 0. The van der Waals surface area contributed by atoms with Crippen LogP contribution < -0.4 is 10.6 Å². The van der Waals surface area contributed by atoms with Gasteiger partial charge in [0.25, 0.3) is 0 Å². The van der Waals surface area contributed by atoms with Gasteiger partial charge in [0.1, 0.15) is 0 Å². The maximum Gasteiger partial charge on any atom is 0.191 e. The number of hydrogen-bond donors (Lipinski definition) is 3. The van der Waals surface area contributed by atoms with Crippen LogP contribution in [0.2, 0.25) is 0 Å². The first-order chi connectivity index (χ1) is 11.6. The minimum atomic E-state index is -0.692. The van der Waals surface area contributed by atoms with Crippen molar-refractivity contribution < 1.29 is 14.6 Å². The van der Waals surface area contributed by atoms with Gasteiger partial charge in [-0.1, -0.05) is 26.7 Å². The second kappa shape index (κ2) is 15.0. The van der Waals surface area contributed by atoms with Crippen LogP contribution in [-0.2, 0) is 9.47 Å². The number of halogens is 1. The van der Waals surface area contributed by atoms with Crippen LogP contribution in [0, 0.1) is 0 Å². The van der Waals surface area contributed by atoms with Gasteiger partial charge in [-0.25, -0.2) is 0 Å². The van der Waals surface area contributed by atoms with Crippen LogP contribution >= 0.6 is 24.0 Å². The van der Waals surface area contributed by atoms with Gasteiger partial charge in [0.05, 0.1) is 31.5 Å². The lowest BCUT2D eigenvalue weighted by molar-refractivity contribution is 0.0190. The molecule has 0 bridgehead atoms. The number of aliphatic hydroxyl groups is 1. The van der Waals surface area contributed by atoms with Crippen LogP contribution in [-0.4, -0.2) is 62.2 Å². The number of rotatable bonds is 12. The Morgan fingerprint density at radius 1 is 1.24 bits per heavy atom. The number of guanidine groups is 1. The third-order valence-corrected chi connectivity index (χ3v) is 4.17. The van der Waals surface area contributed by atoms with Gasteiger partial charge in [-0.05, 0) is 32.6 Å². The first-order valence-corrected chi connectivity index (χ1v) is 9.57. The fourth-order valence-corrected chi connectivity index (χ4v) is 3.01. The molecule has 25 heavy (non-hydrogen) atoms.